The summed E-state index contributed by atoms with van der Waals surface area (Å²) in [5.41, 5.74) is 0.949. The predicted octanol–water partition coefficient (Wildman–Crippen LogP) is 1.60. The van der Waals surface area contributed by atoms with Crippen LogP contribution in [0.4, 0.5) is 11.8 Å². The summed E-state index contributed by atoms with van der Waals surface area (Å²) in [6, 6.07) is 11.1. The number of esters is 1. The summed E-state index contributed by atoms with van der Waals surface area (Å²) < 4.78 is 6.67. The normalized spacial score (nSPS) is 14.2. The van der Waals surface area contributed by atoms with E-state index in [0.29, 0.717) is 24.9 Å². The van der Waals surface area contributed by atoms with Crippen molar-refractivity contribution in [3.05, 3.63) is 60.6 Å². The Hall–Kier alpha value is -3.79. The zero-order valence-electron chi connectivity index (χ0n) is 17.8. The van der Waals surface area contributed by atoms with Crippen LogP contribution in [0.25, 0.3) is 5.69 Å². The van der Waals surface area contributed by atoms with Crippen molar-refractivity contribution in [1.82, 2.24) is 24.6 Å². The van der Waals surface area contributed by atoms with E-state index < -0.39 is 5.97 Å². The summed E-state index contributed by atoms with van der Waals surface area (Å²) in [4.78, 5) is 38.0. The maximum Gasteiger partial charge on any atom is 0.343 e. The molecular formula is C22H25N7O3. The Morgan fingerprint density at radius 1 is 1.03 bits per heavy atom. The Labute approximate surface area is 185 Å². The Balaban J connectivity index is 1.43. The molecule has 3 aromatic rings. The zero-order chi connectivity index (χ0) is 22.3. The first-order valence-corrected chi connectivity index (χ1v) is 10.5. The summed E-state index contributed by atoms with van der Waals surface area (Å²) >= 11 is 0. The average Bonchev–Trinajstić information content (AvgIpc) is 3.24. The first-order valence-electron chi connectivity index (χ1n) is 10.5. The van der Waals surface area contributed by atoms with Gasteiger partial charge in [0, 0.05) is 38.6 Å². The van der Waals surface area contributed by atoms with Crippen LogP contribution in [0.1, 0.15) is 17.3 Å². The largest absolute Gasteiger partial charge is 0.462 e. The van der Waals surface area contributed by atoms with Crippen molar-refractivity contribution in [1.29, 1.82) is 0 Å². The van der Waals surface area contributed by atoms with Crippen LogP contribution in [-0.2, 0) is 9.53 Å². The number of benzene rings is 1. The highest BCUT2D eigenvalue weighted by Crippen LogP contribution is 2.21. The third-order valence-electron chi connectivity index (χ3n) is 5.10. The van der Waals surface area contributed by atoms with Gasteiger partial charge < -0.3 is 15.0 Å². The molecule has 1 saturated heterocycles. The second-order valence-electron chi connectivity index (χ2n) is 7.23. The van der Waals surface area contributed by atoms with Crippen LogP contribution < -0.4 is 10.2 Å². The highest BCUT2D eigenvalue weighted by Gasteiger charge is 2.24. The maximum atomic E-state index is 12.9. The van der Waals surface area contributed by atoms with E-state index in [4.69, 9.17) is 4.74 Å². The van der Waals surface area contributed by atoms with Crippen molar-refractivity contribution >= 4 is 23.6 Å². The van der Waals surface area contributed by atoms with Gasteiger partial charge in [-0.15, -0.1) is 0 Å². The van der Waals surface area contributed by atoms with Crippen LogP contribution in [0, 0.1) is 0 Å². The fourth-order valence-corrected chi connectivity index (χ4v) is 3.53. The predicted molar refractivity (Wildman–Crippen MR) is 119 cm³/mol. The number of amides is 1. The first kappa shape index (κ1) is 21.4. The molecule has 10 nitrogen and oxygen atoms in total. The number of hydrogen-bond acceptors (Lipinski definition) is 8. The summed E-state index contributed by atoms with van der Waals surface area (Å²) in [6.07, 6.45) is 4.86. The lowest BCUT2D eigenvalue weighted by Crippen LogP contribution is -2.49. The minimum Gasteiger partial charge on any atom is -0.462 e. The number of carbonyl (C=O) groups excluding carboxylic acids is 2. The molecule has 0 spiro atoms. The molecule has 1 aromatic carbocycles. The molecule has 32 heavy (non-hydrogen) atoms. The molecule has 2 aromatic heterocycles. The smallest absolute Gasteiger partial charge is 0.343 e. The Morgan fingerprint density at radius 3 is 2.44 bits per heavy atom. The number of nitrogens with one attached hydrogen (secondary N) is 1. The molecule has 0 bridgehead atoms. The molecule has 3 heterocycles. The van der Waals surface area contributed by atoms with Gasteiger partial charge in [0.05, 0.1) is 25.0 Å². The molecule has 1 aliphatic heterocycles. The fourth-order valence-electron chi connectivity index (χ4n) is 3.53. The number of hydrogen-bond donors (Lipinski definition) is 1. The second-order valence-corrected chi connectivity index (χ2v) is 7.23. The molecule has 4 rings (SSSR count). The zero-order valence-corrected chi connectivity index (χ0v) is 17.8. The van der Waals surface area contributed by atoms with Crippen molar-refractivity contribution < 1.29 is 14.3 Å². The van der Waals surface area contributed by atoms with E-state index >= 15 is 0 Å². The van der Waals surface area contributed by atoms with Gasteiger partial charge in [-0.2, -0.15) is 5.10 Å². The molecule has 1 amide bonds. The van der Waals surface area contributed by atoms with E-state index in [-0.39, 0.29) is 24.6 Å². The Kier molecular flexibility index (Phi) is 6.71. The van der Waals surface area contributed by atoms with E-state index in [2.05, 4.69) is 30.2 Å². The van der Waals surface area contributed by atoms with Gasteiger partial charge in [0.2, 0.25) is 11.9 Å². The first-order chi connectivity index (χ1) is 15.7. The number of piperazine rings is 1. The number of anilines is 2. The lowest BCUT2D eigenvalue weighted by molar-refractivity contribution is -0.117. The highest BCUT2D eigenvalue weighted by molar-refractivity contribution is 6.01. The van der Waals surface area contributed by atoms with E-state index in [1.165, 1.54) is 10.9 Å². The number of nitrogens with zero attached hydrogens (tertiary/aromatic N) is 6. The van der Waals surface area contributed by atoms with Gasteiger partial charge in [-0.25, -0.2) is 19.4 Å². The summed E-state index contributed by atoms with van der Waals surface area (Å²) in [5, 5.41) is 7.17. The molecule has 10 heteroatoms. The van der Waals surface area contributed by atoms with Crippen molar-refractivity contribution in [3.8, 4) is 5.69 Å². The van der Waals surface area contributed by atoms with Gasteiger partial charge in [0.1, 0.15) is 5.56 Å². The summed E-state index contributed by atoms with van der Waals surface area (Å²) in [7, 11) is 0. The van der Waals surface area contributed by atoms with Crippen LogP contribution >= 0.6 is 0 Å². The van der Waals surface area contributed by atoms with Gasteiger partial charge in [-0.3, -0.25) is 9.69 Å². The van der Waals surface area contributed by atoms with Gasteiger partial charge in [0.15, 0.2) is 5.82 Å². The molecule has 1 fully saturated rings. The minimum absolute atomic E-state index is 0.200. The number of rotatable bonds is 7. The Morgan fingerprint density at radius 2 is 1.75 bits per heavy atom. The fraction of sp³-hybridized carbons (Fsp3) is 0.318. The summed E-state index contributed by atoms with van der Waals surface area (Å²) in [6.45, 7) is 5.03. The van der Waals surface area contributed by atoms with Crippen molar-refractivity contribution in [2.75, 3.05) is 49.5 Å². The standard InChI is InChI=1S/C22H25N7O3/c1-2-32-21(31)18-15-25-29(17-7-4-3-5-8-17)20(18)26-19(30)16-27-11-13-28(14-12-27)22-23-9-6-10-24-22/h3-10,15H,2,11-14,16H2,1H3,(H,26,30). The van der Waals surface area contributed by atoms with Gasteiger partial charge >= 0.3 is 5.97 Å². The molecule has 1 aliphatic rings. The number of ether oxygens (including phenoxy) is 1. The third kappa shape index (κ3) is 4.92. The van der Waals surface area contributed by atoms with Crippen LogP contribution in [-0.4, -0.2) is 75.9 Å². The molecule has 0 atom stereocenters. The monoisotopic (exact) mass is 435 g/mol. The van der Waals surface area contributed by atoms with Crippen LogP contribution in [0.2, 0.25) is 0 Å². The van der Waals surface area contributed by atoms with E-state index in [1.807, 2.05) is 30.3 Å². The minimum atomic E-state index is -0.526. The van der Waals surface area contributed by atoms with E-state index in [1.54, 1.807) is 25.4 Å². The molecular weight excluding hydrogens is 410 g/mol. The van der Waals surface area contributed by atoms with Crippen molar-refractivity contribution in [3.63, 3.8) is 0 Å². The molecule has 0 saturated carbocycles. The SMILES string of the molecule is CCOC(=O)c1cnn(-c2ccccc2)c1NC(=O)CN1CCN(c2ncccn2)CC1. The van der Waals surface area contributed by atoms with Crippen LogP contribution in [0.5, 0.6) is 0 Å². The van der Waals surface area contributed by atoms with Gasteiger partial charge in [-0.1, -0.05) is 18.2 Å². The Bertz CT molecular complexity index is 1050. The number of carbonyl (C=O) groups is 2. The lowest BCUT2D eigenvalue weighted by atomic mass is 10.3. The highest BCUT2D eigenvalue weighted by atomic mass is 16.5. The van der Waals surface area contributed by atoms with E-state index in [9.17, 15) is 9.59 Å². The second kappa shape index (κ2) is 10.0. The number of para-hydroxylation sites is 1. The topological polar surface area (TPSA) is 105 Å². The van der Waals surface area contributed by atoms with Crippen molar-refractivity contribution in [2.24, 2.45) is 0 Å². The lowest BCUT2D eigenvalue weighted by Gasteiger charge is -2.34. The molecule has 0 aliphatic carbocycles. The van der Waals surface area contributed by atoms with Crippen LogP contribution in [0.15, 0.2) is 55.0 Å². The summed E-state index contributed by atoms with van der Waals surface area (Å²) in [5.74, 6) is 0.248. The van der Waals surface area contributed by atoms with Crippen molar-refractivity contribution in [2.45, 2.75) is 6.92 Å². The number of aromatic nitrogens is 4. The quantitative estimate of drug-likeness (QED) is 0.558. The van der Waals surface area contributed by atoms with Crippen LogP contribution in [0.3, 0.4) is 0 Å². The maximum absolute atomic E-state index is 12.9. The molecule has 166 valence electrons. The average molecular weight is 435 g/mol. The molecule has 0 radical (unpaired) electrons. The van der Waals surface area contributed by atoms with E-state index in [0.717, 1.165) is 18.8 Å². The third-order valence-corrected chi connectivity index (χ3v) is 5.10. The van der Waals surface area contributed by atoms with Gasteiger partial charge in [-0.05, 0) is 25.1 Å². The van der Waals surface area contributed by atoms with Gasteiger partial charge in [0.25, 0.3) is 0 Å². The molecule has 1 N–H and O–H groups in total. The molecule has 0 unspecified atom stereocenters.